The van der Waals surface area contributed by atoms with Gasteiger partial charge < -0.3 is 25.2 Å². The molecule has 0 radical (unpaired) electrons. The Morgan fingerprint density at radius 2 is 1.92 bits per heavy atom. The zero-order valence-corrected chi connectivity index (χ0v) is 7.13. The van der Waals surface area contributed by atoms with Crippen molar-refractivity contribution in [1.29, 1.82) is 0 Å². The van der Waals surface area contributed by atoms with Crippen LogP contribution < -0.4 is 0 Å². The first-order chi connectivity index (χ1) is 5.57. The van der Waals surface area contributed by atoms with Crippen LogP contribution in [0.3, 0.4) is 0 Å². The zero-order valence-electron chi connectivity index (χ0n) is 6.24. The fourth-order valence-electron chi connectivity index (χ4n) is 1.11. The molecular weight excluding hydrogens is 184 g/mol. The highest BCUT2D eigenvalue weighted by atomic mass is 32.1. The fraction of sp³-hybridized carbons (Fsp3) is 1.00. The highest BCUT2D eigenvalue weighted by Crippen LogP contribution is 2.25. The Hall–Kier alpha value is 0.150. The Morgan fingerprint density at radius 1 is 1.33 bits per heavy atom. The van der Waals surface area contributed by atoms with Crippen molar-refractivity contribution in [3.8, 4) is 0 Å². The first-order valence-corrected chi connectivity index (χ1v) is 4.08. The SMILES string of the molecule is OC[C@H](O)[C@H]1O[C@@H](S)[C@H](O)[C@H]1O. The van der Waals surface area contributed by atoms with Crippen molar-refractivity contribution >= 4 is 12.6 Å². The molecule has 12 heavy (non-hydrogen) atoms. The summed E-state index contributed by atoms with van der Waals surface area (Å²) in [6, 6.07) is 0. The minimum Gasteiger partial charge on any atom is -0.394 e. The summed E-state index contributed by atoms with van der Waals surface area (Å²) in [5, 5.41) is 36.0. The van der Waals surface area contributed by atoms with Crippen LogP contribution in [-0.2, 0) is 4.74 Å². The van der Waals surface area contributed by atoms with E-state index in [2.05, 4.69) is 12.6 Å². The lowest BCUT2D eigenvalue weighted by molar-refractivity contribution is -0.0711. The van der Waals surface area contributed by atoms with Gasteiger partial charge in [0.25, 0.3) is 0 Å². The van der Waals surface area contributed by atoms with Crippen LogP contribution in [0.1, 0.15) is 0 Å². The van der Waals surface area contributed by atoms with Crippen LogP contribution in [0.25, 0.3) is 0 Å². The van der Waals surface area contributed by atoms with E-state index in [-0.39, 0.29) is 0 Å². The smallest absolute Gasteiger partial charge is 0.129 e. The molecule has 1 heterocycles. The van der Waals surface area contributed by atoms with E-state index in [0.29, 0.717) is 0 Å². The van der Waals surface area contributed by atoms with Crippen LogP contribution in [-0.4, -0.2) is 56.9 Å². The topological polar surface area (TPSA) is 90.2 Å². The van der Waals surface area contributed by atoms with E-state index in [1.54, 1.807) is 0 Å². The molecular formula is C6H12O5S. The van der Waals surface area contributed by atoms with Crippen LogP contribution in [0.4, 0.5) is 0 Å². The molecule has 0 aromatic rings. The molecule has 1 aliphatic rings. The van der Waals surface area contributed by atoms with Crippen LogP contribution in [0.15, 0.2) is 0 Å². The average molecular weight is 196 g/mol. The van der Waals surface area contributed by atoms with Gasteiger partial charge in [-0.3, -0.25) is 0 Å². The summed E-state index contributed by atoms with van der Waals surface area (Å²) in [6.07, 6.45) is -4.48. The van der Waals surface area contributed by atoms with Gasteiger partial charge in [0.2, 0.25) is 0 Å². The summed E-state index contributed by atoms with van der Waals surface area (Å²) in [5.41, 5.74) is -0.814. The lowest BCUT2D eigenvalue weighted by Gasteiger charge is -2.18. The molecule has 1 fully saturated rings. The van der Waals surface area contributed by atoms with E-state index in [9.17, 15) is 5.11 Å². The second-order valence-corrected chi connectivity index (χ2v) is 3.23. The number of aliphatic hydroxyl groups is 4. The van der Waals surface area contributed by atoms with Crippen LogP contribution in [0.5, 0.6) is 0 Å². The lowest BCUT2D eigenvalue weighted by atomic mass is 10.1. The fourth-order valence-corrected chi connectivity index (χ4v) is 1.42. The minimum absolute atomic E-state index is 0.519. The standard InChI is InChI=1S/C6H12O5S/c7-1-2(8)5-3(9)4(10)6(12)11-5/h2-10,12H,1H2/t2-,3+,4+,5+,6-/m0/s1. The Kier molecular flexibility index (Phi) is 3.33. The Bertz CT molecular complexity index is 155. The van der Waals surface area contributed by atoms with E-state index >= 15 is 0 Å². The van der Waals surface area contributed by atoms with E-state index in [1.807, 2.05) is 0 Å². The highest BCUT2D eigenvalue weighted by molar-refractivity contribution is 7.80. The number of ether oxygens (including phenoxy) is 1. The number of aliphatic hydroxyl groups excluding tert-OH is 4. The predicted octanol–water partition coefficient (Wildman–Crippen LogP) is -2.28. The van der Waals surface area contributed by atoms with Gasteiger partial charge in [0.05, 0.1) is 6.61 Å². The maximum atomic E-state index is 9.23. The molecule has 0 aliphatic carbocycles. The van der Waals surface area contributed by atoms with Gasteiger partial charge in [-0.1, -0.05) is 0 Å². The maximum absolute atomic E-state index is 9.23. The summed E-state index contributed by atoms with van der Waals surface area (Å²) < 4.78 is 4.89. The van der Waals surface area contributed by atoms with Gasteiger partial charge in [-0.05, 0) is 0 Å². The van der Waals surface area contributed by atoms with Gasteiger partial charge >= 0.3 is 0 Å². The summed E-state index contributed by atoms with van der Waals surface area (Å²) in [5.74, 6) is 0. The molecule has 0 unspecified atom stereocenters. The normalized spacial score (nSPS) is 44.8. The molecule has 5 nitrogen and oxygen atoms in total. The van der Waals surface area contributed by atoms with Crippen molar-refractivity contribution in [1.82, 2.24) is 0 Å². The predicted molar refractivity (Wildman–Crippen MR) is 42.8 cm³/mol. The number of hydrogen-bond acceptors (Lipinski definition) is 6. The highest BCUT2D eigenvalue weighted by Gasteiger charge is 2.44. The van der Waals surface area contributed by atoms with Gasteiger partial charge in [0.15, 0.2) is 0 Å². The maximum Gasteiger partial charge on any atom is 0.129 e. The molecule has 72 valence electrons. The van der Waals surface area contributed by atoms with Gasteiger partial charge in [-0.25, -0.2) is 0 Å². The monoisotopic (exact) mass is 196 g/mol. The second kappa shape index (κ2) is 3.91. The van der Waals surface area contributed by atoms with Gasteiger partial charge in [0, 0.05) is 0 Å². The van der Waals surface area contributed by atoms with Gasteiger partial charge in [-0.15, -0.1) is 12.6 Å². The molecule has 0 saturated carbocycles. The molecule has 0 spiro atoms. The van der Waals surface area contributed by atoms with Crippen LogP contribution in [0.2, 0.25) is 0 Å². The van der Waals surface area contributed by atoms with Crippen molar-refractivity contribution in [2.75, 3.05) is 6.61 Å². The number of hydrogen-bond donors (Lipinski definition) is 5. The van der Waals surface area contributed by atoms with Crippen molar-refractivity contribution in [2.45, 2.75) is 29.9 Å². The molecule has 1 aliphatic heterocycles. The van der Waals surface area contributed by atoms with E-state index in [1.165, 1.54) is 0 Å². The van der Waals surface area contributed by atoms with Gasteiger partial charge in [0.1, 0.15) is 29.9 Å². The molecule has 0 aromatic heterocycles. The third-order valence-electron chi connectivity index (χ3n) is 1.84. The Labute approximate surface area is 75.0 Å². The minimum atomic E-state index is -1.20. The molecule has 1 saturated heterocycles. The third kappa shape index (κ3) is 1.73. The van der Waals surface area contributed by atoms with E-state index in [0.717, 1.165) is 0 Å². The van der Waals surface area contributed by atoms with Crippen molar-refractivity contribution in [3.63, 3.8) is 0 Å². The van der Waals surface area contributed by atoms with Crippen molar-refractivity contribution < 1.29 is 25.2 Å². The second-order valence-electron chi connectivity index (χ2n) is 2.72. The molecule has 1 rings (SSSR count). The van der Waals surface area contributed by atoms with Crippen molar-refractivity contribution in [2.24, 2.45) is 0 Å². The van der Waals surface area contributed by atoms with Crippen LogP contribution >= 0.6 is 12.6 Å². The summed E-state index contributed by atoms with van der Waals surface area (Å²) in [4.78, 5) is 0. The van der Waals surface area contributed by atoms with Crippen LogP contribution in [0, 0.1) is 0 Å². The molecule has 6 heteroatoms. The zero-order chi connectivity index (χ0) is 9.30. The van der Waals surface area contributed by atoms with Gasteiger partial charge in [-0.2, -0.15) is 0 Å². The quantitative estimate of drug-likeness (QED) is 0.321. The number of rotatable bonds is 2. The summed E-state index contributed by atoms with van der Waals surface area (Å²) in [6.45, 7) is -0.519. The average Bonchev–Trinajstić information content (AvgIpc) is 2.32. The Balaban J connectivity index is 2.58. The summed E-state index contributed by atoms with van der Waals surface area (Å²) in [7, 11) is 0. The molecule has 4 N–H and O–H groups in total. The summed E-state index contributed by atoms with van der Waals surface area (Å²) >= 11 is 3.81. The first kappa shape index (κ1) is 10.2. The lowest BCUT2D eigenvalue weighted by Crippen LogP contribution is -2.40. The number of thiol groups is 1. The first-order valence-electron chi connectivity index (χ1n) is 3.56. The third-order valence-corrected chi connectivity index (χ3v) is 2.27. The molecule has 0 bridgehead atoms. The molecule has 5 atom stereocenters. The van der Waals surface area contributed by atoms with E-state index < -0.39 is 36.5 Å². The molecule has 0 aromatic carbocycles. The Morgan fingerprint density at radius 3 is 2.25 bits per heavy atom. The molecule has 0 amide bonds. The van der Waals surface area contributed by atoms with E-state index in [4.69, 9.17) is 20.1 Å². The van der Waals surface area contributed by atoms with Crippen molar-refractivity contribution in [3.05, 3.63) is 0 Å². The largest absolute Gasteiger partial charge is 0.394 e.